The summed E-state index contributed by atoms with van der Waals surface area (Å²) in [5.41, 5.74) is 1.46. The molecule has 0 unspecified atom stereocenters. The van der Waals surface area contributed by atoms with Crippen LogP contribution >= 0.6 is 15.9 Å². The monoisotopic (exact) mass is 349 g/mol. The molecule has 0 atom stereocenters. The summed E-state index contributed by atoms with van der Waals surface area (Å²) in [5.74, 6) is 0.308. The molecule has 1 aromatic carbocycles. The summed E-state index contributed by atoms with van der Waals surface area (Å²) in [5, 5.41) is 2.91. The van der Waals surface area contributed by atoms with Crippen molar-refractivity contribution in [2.24, 2.45) is 0 Å². The third-order valence-electron chi connectivity index (χ3n) is 2.47. The summed E-state index contributed by atoms with van der Waals surface area (Å²) in [6.07, 6.45) is -2.94. The van der Waals surface area contributed by atoms with Gasteiger partial charge in [-0.1, -0.05) is 0 Å². The van der Waals surface area contributed by atoms with E-state index in [2.05, 4.69) is 31.0 Å². The van der Waals surface area contributed by atoms with Crippen molar-refractivity contribution >= 4 is 21.9 Å². The molecule has 2 rings (SSSR count). The summed E-state index contributed by atoms with van der Waals surface area (Å²) in [6.45, 7) is 1.83. The third kappa shape index (κ3) is 3.24. The molecule has 1 N–H and O–H groups in total. The van der Waals surface area contributed by atoms with Crippen molar-refractivity contribution in [3.05, 3.63) is 34.6 Å². The normalized spacial score (nSPS) is 11.5. The van der Waals surface area contributed by atoms with Gasteiger partial charge < -0.3 is 10.1 Å². The van der Waals surface area contributed by atoms with E-state index in [1.54, 1.807) is 17.8 Å². The standard InChI is InChI=1S/C12H11BrF3N3O/c1-7-6-19(11(17-2)18-7)8-3-4-10(9(13)5-8)20-12(14,15)16/h3-6H,1-2H3,(H,17,18). The van der Waals surface area contributed by atoms with Gasteiger partial charge in [0, 0.05) is 18.9 Å². The Kier molecular flexibility index (Phi) is 3.94. The first kappa shape index (κ1) is 14.7. The van der Waals surface area contributed by atoms with Crippen molar-refractivity contribution in [1.29, 1.82) is 0 Å². The number of nitrogens with one attached hydrogen (secondary N) is 1. The van der Waals surface area contributed by atoms with Gasteiger partial charge in [0.05, 0.1) is 10.2 Å². The summed E-state index contributed by atoms with van der Waals surface area (Å²) < 4.78 is 42.4. The molecule has 0 aliphatic heterocycles. The van der Waals surface area contributed by atoms with E-state index in [4.69, 9.17) is 0 Å². The van der Waals surface area contributed by atoms with E-state index in [1.807, 2.05) is 6.92 Å². The zero-order valence-electron chi connectivity index (χ0n) is 10.6. The highest BCUT2D eigenvalue weighted by Crippen LogP contribution is 2.32. The Morgan fingerprint density at radius 3 is 2.60 bits per heavy atom. The molecule has 0 bridgehead atoms. The smallest absolute Gasteiger partial charge is 0.405 e. The van der Waals surface area contributed by atoms with Crippen LogP contribution in [0.15, 0.2) is 28.9 Å². The highest BCUT2D eigenvalue weighted by Gasteiger charge is 2.32. The second-order valence-corrected chi connectivity index (χ2v) is 4.84. The number of rotatable bonds is 3. The number of benzene rings is 1. The predicted octanol–water partition coefficient (Wildman–Crippen LogP) is 3.88. The van der Waals surface area contributed by atoms with E-state index in [9.17, 15) is 13.2 Å². The van der Waals surface area contributed by atoms with Crippen molar-refractivity contribution in [3.63, 3.8) is 0 Å². The van der Waals surface area contributed by atoms with Crippen LogP contribution in [0.25, 0.3) is 5.69 Å². The maximum Gasteiger partial charge on any atom is 0.573 e. The summed E-state index contributed by atoms with van der Waals surface area (Å²) in [4.78, 5) is 4.24. The largest absolute Gasteiger partial charge is 0.573 e. The van der Waals surface area contributed by atoms with E-state index < -0.39 is 6.36 Å². The summed E-state index contributed by atoms with van der Waals surface area (Å²) >= 11 is 3.07. The number of hydrogen-bond donors (Lipinski definition) is 1. The molecule has 0 saturated heterocycles. The second-order valence-electron chi connectivity index (χ2n) is 3.99. The number of aromatic nitrogens is 2. The van der Waals surface area contributed by atoms with Crippen molar-refractivity contribution in [1.82, 2.24) is 9.55 Å². The van der Waals surface area contributed by atoms with Crippen molar-refractivity contribution in [2.45, 2.75) is 13.3 Å². The van der Waals surface area contributed by atoms with Gasteiger partial charge in [-0.05, 0) is 41.1 Å². The van der Waals surface area contributed by atoms with Gasteiger partial charge in [0.1, 0.15) is 5.75 Å². The van der Waals surface area contributed by atoms with Crippen LogP contribution < -0.4 is 10.1 Å². The Bertz CT molecular complexity index is 625. The first-order valence-corrected chi connectivity index (χ1v) is 6.39. The van der Waals surface area contributed by atoms with Gasteiger partial charge in [-0.25, -0.2) is 4.98 Å². The minimum absolute atomic E-state index is 0.209. The molecule has 0 saturated carbocycles. The maximum absolute atomic E-state index is 12.2. The number of imidazole rings is 1. The fourth-order valence-electron chi connectivity index (χ4n) is 1.72. The molecule has 0 radical (unpaired) electrons. The molecule has 8 heteroatoms. The van der Waals surface area contributed by atoms with Gasteiger partial charge in [-0.3, -0.25) is 4.57 Å². The van der Waals surface area contributed by atoms with Gasteiger partial charge in [0.25, 0.3) is 0 Å². The van der Waals surface area contributed by atoms with Crippen LogP contribution in [-0.4, -0.2) is 23.0 Å². The minimum atomic E-state index is -4.72. The molecule has 2 aromatic rings. The van der Waals surface area contributed by atoms with Crippen LogP contribution in [0.3, 0.4) is 0 Å². The molecule has 0 aliphatic carbocycles. The molecule has 1 aromatic heterocycles. The number of nitrogens with zero attached hydrogens (tertiary/aromatic N) is 2. The summed E-state index contributed by atoms with van der Waals surface area (Å²) in [6, 6.07) is 4.30. The van der Waals surface area contributed by atoms with Gasteiger partial charge in [0.2, 0.25) is 5.95 Å². The molecule has 108 valence electrons. The lowest BCUT2D eigenvalue weighted by atomic mass is 10.3. The number of aryl methyl sites for hydroxylation is 1. The molecular weight excluding hydrogens is 339 g/mol. The average molecular weight is 350 g/mol. The van der Waals surface area contributed by atoms with Gasteiger partial charge in [0.15, 0.2) is 0 Å². The number of anilines is 1. The molecular formula is C12H11BrF3N3O. The first-order valence-electron chi connectivity index (χ1n) is 5.59. The molecule has 20 heavy (non-hydrogen) atoms. The topological polar surface area (TPSA) is 39.1 Å². The van der Waals surface area contributed by atoms with Crippen LogP contribution in [0, 0.1) is 6.92 Å². The lowest BCUT2D eigenvalue weighted by Gasteiger charge is -2.12. The van der Waals surface area contributed by atoms with Crippen molar-refractivity contribution in [2.75, 3.05) is 12.4 Å². The highest BCUT2D eigenvalue weighted by molar-refractivity contribution is 9.10. The minimum Gasteiger partial charge on any atom is -0.405 e. The zero-order valence-corrected chi connectivity index (χ0v) is 12.2. The van der Waals surface area contributed by atoms with Gasteiger partial charge >= 0.3 is 6.36 Å². The number of alkyl halides is 3. The fourth-order valence-corrected chi connectivity index (χ4v) is 2.17. The van der Waals surface area contributed by atoms with Crippen molar-refractivity contribution in [3.8, 4) is 11.4 Å². The lowest BCUT2D eigenvalue weighted by Crippen LogP contribution is -2.17. The Balaban J connectivity index is 2.38. The number of ether oxygens (including phenoxy) is 1. The zero-order chi connectivity index (χ0) is 14.9. The van der Waals surface area contributed by atoms with Gasteiger partial charge in [-0.2, -0.15) is 0 Å². The Morgan fingerprint density at radius 2 is 2.05 bits per heavy atom. The van der Waals surface area contributed by atoms with Crippen LogP contribution in [0.5, 0.6) is 5.75 Å². The number of halogens is 4. The van der Waals surface area contributed by atoms with Crippen LogP contribution in [0.4, 0.5) is 19.1 Å². The molecule has 1 heterocycles. The van der Waals surface area contributed by atoms with Crippen LogP contribution in [0.2, 0.25) is 0 Å². The Hall–Kier alpha value is -1.70. The maximum atomic E-state index is 12.2. The lowest BCUT2D eigenvalue weighted by molar-refractivity contribution is -0.274. The van der Waals surface area contributed by atoms with Crippen molar-refractivity contribution < 1.29 is 17.9 Å². The van der Waals surface area contributed by atoms with E-state index in [0.29, 0.717) is 11.6 Å². The molecule has 0 fully saturated rings. The molecule has 0 aliphatic rings. The third-order valence-corrected chi connectivity index (χ3v) is 3.09. The second kappa shape index (κ2) is 5.35. The SMILES string of the molecule is CNc1nc(C)cn1-c1ccc(OC(F)(F)F)c(Br)c1. The first-order chi connectivity index (χ1) is 9.30. The average Bonchev–Trinajstić information content (AvgIpc) is 2.71. The van der Waals surface area contributed by atoms with E-state index in [0.717, 1.165) is 5.69 Å². The predicted molar refractivity (Wildman–Crippen MR) is 72.2 cm³/mol. The quantitative estimate of drug-likeness (QED) is 0.913. The molecule has 4 nitrogen and oxygen atoms in total. The van der Waals surface area contributed by atoms with Crippen LogP contribution in [-0.2, 0) is 0 Å². The highest BCUT2D eigenvalue weighted by atomic mass is 79.9. The molecule has 0 spiro atoms. The Morgan fingerprint density at radius 1 is 1.35 bits per heavy atom. The summed E-state index contributed by atoms with van der Waals surface area (Å²) in [7, 11) is 1.72. The van der Waals surface area contributed by atoms with Gasteiger partial charge in [-0.15, -0.1) is 13.2 Å². The van der Waals surface area contributed by atoms with E-state index >= 15 is 0 Å². The van der Waals surface area contributed by atoms with E-state index in [-0.39, 0.29) is 10.2 Å². The number of hydrogen-bond acceptors (Lipinski definition) is 3. The fraction of sp³-hybridized carbons (Fsp3) is 0.250. The van der Waals surface area contributed by atoms with Crippen LogP contribution in [0.1, 0.15) is 5.69 Å². The van der Waals surface area contributed by atoms with E-state index in [1.165, 1.54) is 18.2 Å². The molecule has 0 amide bonds. The Labute approximate surface area is 121 Å².